The van der Waals surface area contributed by atoms with E-state index in [-0.39, 0.29) is 29.1 Å². The number of pyridine rings is 1. The van der Waals surface area contributed by atoms with Crippen molar-refractivity contribution in [2.75, 3.05) is 0 Å². The van der Waals surface area contributed by atoms with Gasteiger partial charge in [0.25, 0.3) is 0 Å². The molecule has 1 atom stereocenters. The summed E-state index contributed by atoms with van der Waals surface area (Å²) in [6.07, 6.45) is -1.82. The van der Waals surface area contributed by atoms with Gasteiger partial charge in [-0.1, -0.05) is 6.07 Å². The van der Waals surface area contributed by atoms with Crippen LogP contribution >= 0.6 is 0 Å². The predicted molar refractivity (Wildman–Crippen MR) is 78.5 cm³/mol. The van der Waals surface area contributed by atoms with E-state index in [9.17, 15) is 18.0 Å². The molecule has 1 heterocycles. The van der Waals surface area contributed by atoms with E-state index in [1.807, 2.05) is 0 Å². The summed E-state index contributed by atoms with van der Waals surface area (Å²) in [7, 11) is 0. The molecule has 2 saturated carbocycles. The summed E-state index contributed by atoms with van der Waals surface area (Å²) >= 11 is 0. The van der Waals surface area contributed by atoms with Crippen LogP contribution in [0.3, 0.4) is 0 Å². The molecule has 0 bridgehead atoms. The molecule has 1 unspecified atom stereocenters. The molecule has 2 aliphatic rings. The van der Waals surface area contributed by atoms with Gasteiger partial charge in [0.15, 0.2) is 0 Å². The van der Waals surface area contributed by atoms with E-state index in [0.29, 0.717) is 0 Å². The summed E-state index contributed by atoms with van der Waals surface area (Å²) in [4.78, 5) is 16.1. The Kier molecular flexibility index (Phi) is 3.48. The fourth-order valence-electron chi connectivity index (χ4n) is 3.29. The fraction of sp³-hybridized carbons (Fsp3) is 0.625. The van der Waals surface area contributed by atoms with Gasteiger partial charge in [0.2, 0.25) is 5.91 Å². The molecule has 0 saturated heterocycles. The minimum absolute atomic E-state index is 0.0566. The van der Waals surface area contributed by atoms with Crippen molar-refractivity contribution in [1.29, 1.82) is 0 Å². The highest BCUT2D eigenvalue weighted by molar-refractivity contribution is 5.87. The molecule has 3 rings (SSSR count). The number of hydrogen-bond donors (Lipinski definition) is 2. The number of hydrogen-bond acceptors (Lipinski definition) is 3. The van der Waals surface area contributed by atoms with Crippen LogP contribution in [-0.2, 0) is 16.4 Å². The van der Waals surface area contributed by atoms with Crippen molar-refractivity contribution in [3.63, 3.8) is 0 Å². The molecule has 1 spiro atoms. The first-order valence-corrected chi connectivity index (χ1v) is 7.66. The summed E-state index contributed by atoms with van der Waals surface area (Å²) in [5, 5.41) is 2.91. The molecule has 7 heteroatoms. The van der Waals surface area contributed by atoms with Crippen LogP contribution in [0.5, 0.6) is 0 Å². The molecule has 1 aromatic rings. The Morgan fingerprint density at radius 2 is 1.83 bits per heavy atom. The normalized spacial score (nSPS) is 30.0. The summed E-state index contributed by atoms with van der Waals surface area (Å²) in [5.41, 5.74) is 4.07. The molecule has 0 radical (unpaired) electrons. The molecule has 0 aliphatic heterocycles. The van der Waals surface area contributed by atoms with Gasteiger partial charge in [-0.15, -0.1) is 0 Å². The molecule has 23 heavy (non-hydrogen) atoms. The Bertz CT molecular complexity index is 636. The van der Waals surface area contributed by atoms with Gasteiger partial charge in [0.1, 0.15) is 5.69 Å². The first-order valence-electron chi connectivity index (χ1n) is 7.66. The van der Waals surface area contributed by atoms with Crippen molar-refractivity contribution in [2.24, 2.45) is 11.1 Å². The third kappa shape index (κ3) is 2.82. The number of carbonyl (C=O) groups excluding carboxylic acids is 1. The van der Waals surface area contributed by atoms with E-state index >= 15 is 0 Å². The molecule has 3 N–H and O–H groups in total. The van der Waals surface area contributed by atoms with Crippen molar-refractivity contribution >= 4 is 5.91 Å². The van der Waals surface area contributed by atoms with Crippen molar-refractivity contribution in [2.45, 2.75) is 56.8 Å². The SMILES string of the molecule is CC(C)(C(=O)NC1CC2(C1)CC2N)c1cccc(C(F)(F)F)n1. The molecular formula is C16H20F3N3O. The number of halogens is 3. The van der Waals surface area contributed by atoms with Gasteiger partial charge in [-0.3, -0.25) is 4.79 Å². The summed E-state index contributed by atoms with van der Waals surface area (Å²) in [6.45, 7) is 3.17. The van der Waals surface area contributed by atoms with Crippen molar-refractivity contribution in [3.05, 3.63) is 29.6 Å². The first kappa shape index (κ1) is 16.2. The smallest absolute Gasteiger partial charge is 0.353 e. The van der Waals surface area contributed by atoms with Crippen LogP contribution in [0.2, 0.25) is 0 Å². The zero-order valence-corrected chi connectivity index (χ0v) is 13.1. The minimum Gasteiger partial charge on any atom is -0.353 e. The highest BCUT2D eigenvalue weighted by atomic mass is 19.4. The maximum atomic E-state index is 12.8. The number of carbonyl (C=O) groups is 1. The molecule has 1 aromatic heterocycles. The van der Waals surface area contributed by atoms with Gasteiger partial charge in [-0.25, -0.2) is 4.98 Å². The van der Waals surface area contributed by atoms with Gasteiger partial charge >= 0.3 is 6.18 Å². The van der Waals surface area contributed by atoms with E-state index in [1.165, 1.54) is 12.1 Å². The lowest BCUT2D eigenvalue weighted by atomic mass is 9.75. The molecule has 2 fully saturated rings. The Labute approximate surface area is 132 Å². The van der Waals surface area contributed by atoms with E-state index < -0.39 is 17.3 Å². The number of nitrogens with two attached hydrogens (primary N) is 1. The maximum Gasteiger partial charge on any atom is 0.433 e. The molecule has 1 amide bonds. The number of amides is 1. The van der Waals surface area contributed by atoms with Crippen molar-refractivity contribution in [3.8, 4) is 0 Å². The number of aromatic nitrogens is 1. The van der Waals surface area contributed by atoms with Gasteiger partial charge in [-0.05, 0) is 50.7 Å². The fourth-order valence-corrected chi connectivity index (χ4v) is 3.29. The zero-order chi connectivity index (χ0) is 17.0. The Balaban J connectivity index is 1.69. The van der Waals surface area contributed by atoms with Crippen LogP contribution in [0.15, 0.2) is 18.2 Å². The van der Waals surface area contributed by atoms with Crippen molar-refractivity contribution in [1.82, 2.24) is 10.3 Å². The maximum absolute atomic E-state index is 12.8. The second kappa shape index (κ2) is 4.93. The average molecular weight is 327 g/mol. The van der Waals surface area contributed by atoms with E-state index in [4.69, 9.17) is 5.73 Å². The van der Waals surface area contributed by atoms with Gasteiger partial charge in [0, 0.05) is 12.1 Å². The van der Waals surface area contributed by atoms with Crippen molar-refractivity contribution < 1.29 is 18.0 Å². The van der Waals surface area contributed by atoms with Gasteiger partial charge in [-0.2, -0.15) is 13.2 Å². The predicted octanol–water partition coefficient (Wildman–Crippen LogP) is 2.37. The van der Waals surface area contributed by atoms with Crippen LogP contribution in [0.25, 0.3) is 0 Å². The Hall–Kier alpha value is -1.63. The van der Waals surface area contributed by atoms with E-state index in [1.54, 1.807) is 13.8 Å². The molecule has 4 nitrogen and oxygen atoms in total. The number of rotatable bonds is 3. The lowest BCUT2D eigenvalue weighted by molar-refractivity contribution is -0.141. The average Bonchev–Trinajstić information content (AvgIpc) is 3.09. The molecule has 2 aliphatic carbocycles. The summed E-state index contributed by atoms with van der Waals surface area (Å²) in [5.74, 6) is -0.307. The molecule has 126 valence electrons. The Morgan fingerprint density at radius 3 is 2.35 bits per heavy atom. The lowest BCUT2D eigenvalue weighted by Crippen LogP contribution is -2.52. The third-order valence-electron chi connectivity index (χ3n) is 5.14. The number of nitrogens with one attached hydrogen (secondary N) is 1. The Morgan fingerprint density at radius 1 is 1.26 bits per heavy atom. The van der Waals surface area contributed by atoms with E-state index in [0.717, 1.165) is 25.3 Å². The lowest BCUT2D eigenvalue weighted by Gasteiger charge is -2.38. The highest BCUT2D eigenvalue weighted by Gasteiger charge is 2.60. The second-order valence-electron chi connectivity index (χ2n) is 7.28. The summed E-state index contributed by atoms with van der Waals surface area (Å²) in [6, 6.07) is 3.92. The van der Waals surface area contributed by atoms with Crippen LogP contribution in [0.4, 0.5) is 13.2 Å². The quantitative estimate of drug-likeness (QED) is 0.895. The van der Waals surface area contributed by atoms with Crippen LogP contribution in [-0.4, -0.2) is 23.0 Å². The summed E-state index contributed by atoms with van der Waals surface area (Å²) < 4.78 is 38.4. The zero-order valence-electron chi connectivity index (χ0n) is 13.1. The van der Waals surface area contributed by atoms with Crippen LogP contribution < -0.4 is 11.1 Å². The first-order chi connectivity index (χ1) is 10.5. The monoisotopic (exact) mass is 327 g/mol. The van der Waals surface area contributed by atoms with Crippen LogP contribution in [0, 0.1) is 5.41 Å². The van der Waals surface area contributed by atoms with Gasteiger partial charge < -0.3 is 11.1 Å². The largest absolute Gasteiger partial charge is 0.433 e. The van der Waals surface area contributed by atoms with Crippen LogP contribution in [0.1, 0.15) is 44.5 Å². The molecule has 0 aromatic carbocycles. The number of nitrogens with zero attached hydrogens (tertiary/aromatic N) is 1. The van der Waals surface area contributed by atoms with E-state index in [2.05, 4.69) is 10.3 Å². The second-order valence-corrected chi connectivity index (χ2v) is 7.28. The third-order valence-corrected chi connectivity index (χ3v) is 5.14. The standard InChI is InChI=1S/C16H20F3N3O/c1-14(2,11-4-3-5-12(22-11)16(17,18)19)13(23)21-9-6-15(7-9)8-10(15)20/h3-5,9-10H,6-8,20H2,1-2H3,(H,21,23). The molecular weight excluding hydrogens is 307 g/mol. The highest BCUT2D eigenvalue weighted by Crippen LogP contribution is 2.59. The number of alkyl halides is 3. The minimum atomic E-state index is -4.52. The topological polar surface area (TPSA) is 68.0 Å². The van der Waals surface area contributed by atoms with Gasteiger partial charge in [0.05, 0.1) is 11.1 Å².